The second kappa shape index (κ2) is 4.22. The third-order valence-electron chi connectivity index (χ3n) is 3.36. The number of rotatable bonds is 3. The van der Waals surface area contributed by atoms with E-state index < -0.39 is 0 Å². The van der Waals surface area contributed by atoms with E-state index in [9.17, 15) is 0 Å². The molecule has 1 aromatic rings. The molecule has 1 heterocycles. The van der Waals surface area contributed by atoms with E-state index in [1.54, 1.807) is 11.3 Å². The third-order valence-corrected chi connectivity index (χ3v) is 4.30. The fourth-order valence-corrected chi connectivity index (χ4v) is 3.07. The maximum Gasteiger partial charge on any atom is 0.0798 e. The first-order chi connectivity index (χ1) is 7.07. The summed E-state index contributed by atoms with van der Waals surface area (Å²) in [6, 6.07) is 0.710. The second-order valence-electron chi connectivity index (χ2n) is 5.35. The van der Waals surface area contributed by atoms with Gasteiger partial charge in [0.1, 0.15) is 0 Å². The SMILES string of the molecule is Cc1ncsc1CNC1CCC(C)(C)C1. The maximum atomic E-state index is 4.27. The van der Waals surface area contributed by atoms with Crippen molar-refractivity contribution in [3.05, 3.63) is 16.1 Å². The summed E-state index contributed by atoms with van der Waals surface area (Å²) in [6.07, 6.45) is 3.99. The molecule has 3 heteroatoms. The van der Waals surface area contributed by atoms with Gasteiger partial charge in [0.15, 0.2) is 0 Å². The van der Waals surface area contributed by atoms with Crippen molar-refractivity contribution in [2.24, 2.45) is 5.41 Å². The highest BCUT2D eigenvalue weighted by Gasteiger charge is 2.30. The van der Waals surface area contributed by atoms with Gasteiger partial charge in [-0.15, -0.1) is 11.3 Å². The number of thiazole rings is 1. The van der Waals surface area contributed by atoms with Gasteiger partial charge in [-0.25, -0.2) is 4.98 Å². The van der Waals surface area contributed by atoms with Crippen LogP contribution in [0.5, 0.6) is 0 Å². The highest BCUT2D eigenvalue weighted by Crippen LogP contribution is 2.37. The fourth-order valence-electron chi connectivity index (χ4n) is 2.34. The van der Waals surface area contributed by atoms with Gasteiger partial charge in [-0.2, -0.15) is 0 Å². The molecule has 0 spiro atoms. The van der Waals surface area contributed by atoms with Gasteiger partial charge < -0.3 is 5.32 Å². The highest BCUT2D eigenvalue weighted by atomic mass is 32.1. The molecule has 1 fully saturated rings. The predicted molar refractivity (Wildman–Crippen MR) is 65.1 cm³/mol. The zero-order chi connectivity index (χ0) is 10.9. The number of hydrogen-bond acceptors (Lipinski definition) is 3. The minimum absolute atomic E-state index is 0.542. The number of nitrogens with zero attached hydrogens (tertiary/aromatic N) is 1. The number of aryl methyl sites for hydroxylation is 1. The fraction of sp³-hybridized carbons (Fsp3) is 0.750. The molecule has 0 aliphatic heterocycles. The van der Waals surface area contributed by atoms with Crippen LogP contribution in [0, 0.1) is 12.3 Å². The predicted octanol–water partition coefficient (Wildman–Crippen LogP) is 3.12. The van der Waals surface area contributed by atoms with Gasteiger partial charge in [0.2, 0.25) is 0 Å². The molecule has 0 saturated heterocycles. The van der Waals surface area contributed by atoms with E-state index in [4.69, 9.17) is 0 Å². The summed E-state index contributed by atoms with van der Waals surface area (Å²) in [5, 5.41) is 3.65. The Kier molecular flexibility index (Phi) is 3.12. The van der Waals surface area contributed by atoms with Gasteiger partial charge in [0.25, 0.3) is 0 Å². The topological polar surface area (TPSA) is 24.9 Å². The molecule has 1 saturated carbocycles. The maximum absolute atomic E-state index is 4.27. The molecule has 1 atom stereocenters. The van der Waals surface area contributed by atoms with Crippen LogP contribution in [0.25, 0.3) is 0 Å². The standard InChI is InChI=1S/C12H20N2S/c1-9-11(15-8-14-9)7-13-10-4-5-12(2,3)6-10/h8,10,13H,4-7H2,1-3H3. The van der Waals surface area contributed by atoms with Crippen molar-refractivity contribution < 1.29 is 0 Å². The van der Waals surface area contributed by atoms with Crippen LogP contribution >= 0.6 is 11.3 Å². The number of aromatic nitrogens is 1. The first kappa shape index (κ1) is 11.1. The van der Waals surface area contributed by atoms with Crippen LogP contribution in [0.15, 0.2) is 5.51 Å². The average Bonchev–Trinajstić information content (AvgIpc) is 2.69. The lowest BCUT2D eigenvalue weighted by atomic mass is 9.92. The lowest BCUT2D eigenvalue weighted by Crippen LogP contribution is -2.26. The Balaban J connectivity index is 1.83. The van der Waals surface area contributed by atoms with Crippen molar-refractivity contribution in [2.75, 3.05) is 0 Å². The Morgan fingerprint density at radius 1 is 1.60 bits per heavy atom. The Labute approximate surface area is 96.1 Å². The summed E-state index contributed by atoms with van der Waals surface area (Å²) in [4.78, 5) is 5.66. The number of nitrogens with one attached hydrogen (secondary N) is 1. The Bertz CT molecular complexity index is 330. The molecule has 2 rings (SSSR count). The first-order valence-electron chi connectivity index (χ1n) is 5.69. The van der Waals surface area contributed by atoms with Gasteiger partial charge >= 0.3 is 0 Å². The van der Waals surface area contributed by atoms with Crippen LogP contribution in [-0.2, 0) is 6.54 Å². The zero-order valence-electron chi connectivity index (χ0n) is 9.84. The molecular weight excluding hydrogens is 204 g/mol. The summed E-state index contributed by atoms with van der Waals surface area (Å²) in [6.45, 7) is 7.82. The van der Waals surface area contributed by atoms with Crippen LogP contribution < -0.4 is 5.32 Å². The molecule has 0 aromatic carbocycles. The molecule has 1 aliphatic carbocycles. The summed E-state index contributed by atoms with van der Waals surface area (Å²) in [5.41, 5.74) is 3.66. The lowest BCUT2D eigenvalue weighted by molar-refractivity contribution is 0.364. The van der Waals surface area contributed by atoms with E-state index in [0.717, 1.165) is 6.54 Å². The van der Waals surface area contributed by atoms with Crippen molar-refractivity contribution in [1.82, 2.24) is 10.3 Å². The Hall–Kier alpha value is -0.410. The molecule has 0 amide bonds. The molecule has 84 valence electrons. The normalized spacial score (nSPS) is 24.6. The van der Waals surface area contributed by atoms with Gasteiger partial charge in [0.05, 0.1) is 11.2 Å². The largest absolute Gasteiger partial charge is 0.309 e. The molecule has 0 radical (unpaired) electrons. The van der Waals surface area contributed by atoms with E-state index in [1.165, 1.54) is 29.8 Å². The van der Waals surface area contributed by atoms with Crippen molar-refractivity contribution >= 4 is 11.3 Å². The van der Waals surface area contributed by atoms with Crippen molar-refractivity contribution in [2.45, 2.75) is 52.6 Å². The van der Waals surface area contributed by atoms with Crippen molar-refractivity contribution in [3.63, 3.8) is 0 Å². The quantitative estimate of drug-likeness (QED) is 0.853. The number of hydrogen-bond donors (Lipinski definition) is 1. The molecule has 1 aliphatic rings. The van der Waals surface area contributed by atoms with E-state index >= 15 is 0 Å². The van der Waals surface area contributed by atoms with E-state index in [1.807, 2.05) is 5.51 Å². The Morgan fingerprint density at radius 3 is 2.93 bits per heavy atom. The van der Waals surface area contributed by atoms with E-state index in [2.05, 4.69) is 31.1 Å². The summed E-state index contributed by atoms with van der Waals surface area (Å²) < 4.78 is 0. The van der Waals surface area contributed by atoms with Crippen molar-refractivity contribution in [1.29, 1.82) is 0 Å². The van der Waals surface area contributed by atoms with Gasteiger partial charge in [-0.3, -0.25) is 0 Å². The minimum atomic E-state index is 0.542. The van der Waals surface area contributed by atoms with Crippen LogP contribution in [0.3, 0.4) is 0 Å². The van der Waals surface area contributed by atoms with Crippen molar-refractivity contribution in [3.8, 4) is 0 Å². The molecule has 1 N–H and O–H groups in total. The highest BCUT2D eigenvalue weighted by molar-refractivity contribution is 7.09. The first-order valence-corrected chi connectivity index (χ1v) is 6.57. The van der Waals surface area contributed by atoms with Crippen LogP contribution in [-0.4, -0.2) is 11.0 Å². The Morgan fingerprint density at radius 2 is 2.40 bits per heavy atom. The smallest absolute Gasteiger partial charge is 0.0798 e. The monoisotopic (exact) mass is 224 g/mol. The molecule has 1 aromatic heterocycles. The van der Waals surface area contributed by atoms with Gasteiger partial charge in [-0.1, -0.05) is 13.8 Å². The molecule has 15 heavy (non-hydrogen) atoms. The summed E-state index contributed by atoms with van der Waals surface area (Å²) >= 11 is 1.76. The molecule has 1 unspecified atom stereocenters. The van der Waals surface area contributed by atoms with Gasteiger partial charge in [0, 0.05) is 17.5 Å². The van der Waals surface area contributed by atoms with Gasteiger partial charge in [-0.05, 0) is 31.6 Å². The van der Waals surface area contributed by atoms with Crippen LogP contribution in [0.2, 0.25) is 0 Å². The molecule has 2 nitrogen and oxygen atoms in total. The van der Waals surface area contributed by atoms with Crippen LogP contribution in [0.4, 0.5) is 0 Å². The van der Waals surface area contributed by atoms with Crippen LogP contribution in [0.1, 0.15) is 43.7 Å². The average molecular weight is 224 g/mol. The third kappa shape index (κ3) is 2.79. The van der Waals surface area contributed by atoms with E-state index in [0.29, 0.717) is 11.5 Å². The zero-order valence-corrected chi connectivity index (χ0v) is 10.7. The second-order valence-corrected chi connectivity index (χ2v) is 6.29. The van der Waals surface area contributed by atoms with E-state index in [-0.39, 0.29) is 0 Å². The molecule has 0 bridgehead atoms. The summed E-state index contributed by atoms with van der Waals surface area (Å²) in [7, 11) is 0. The molecular formula is C12H20N2S. The minimum Gasteiger partial charge on any atom is -0.309 e. The lowest BCUT2D eigenvalue weighted by Gasteiger charge is -2.17. The summed E-state index contributed by atoms with van der Waals surface area (Å²) in [5.74, 6) is 0.